The fourth-order valence-electron chi connectivity index (χ4n) is 4.48. The predicted molar refractivity (Wildman–Crippen MR) is 116 cm³/mol. The monoisotopic (exact) mass is 462 g/mol. The molecule has 32 heavy (non-hydrogen) atoms. The highest BCUT2D eigenvalue weighted by molar-refractivity contribution is 7.83. The van der Waals surface area contributed by atoms with Gasteiger partial charge >= 0.3 is 10.3 Å². The van der Waals surface area contributed by atoms with Gasteiger partial charge in [0.25, 0.3) is 5.91 Å². The molecule has 4 rings (SSSR count). The summed E-state index contributed by atoms with van der Waals surface area (Å²) >= 11 is 0. The molecule has 5 atom stereocenters. The minimum absolute atomic E-state index is 0.0695. The summed E-state index contributed by atoms with van der Waals surface area (Å²) in [5.41, 5.74) is 3.10. The molecule has 1 heterocycles. The van der Waals surface area contributed by atoms with Crippen molar-refractivity contribution < 1.29 is 28.0 Å². The Balaban J connectivity index is 1.39. The van der Waals surface area contributed by atoms with Crippen LogP contribution in [0.1, 0.15) is 40.5 Å². The molecule has 1 amide bonds. The highest BCUT2D eigenvalue weighted by Gasteiger charge is 2.41. The highest BCUT2D eigenvalue weighted by Crippen LogP contribution is 2.31. The molecule has 2 aliphatic carbocycles. The number of rotatable bonds is 7. The van der Waals surface area contributed by atoms with E-state index in [4.69, 9.17) is 4.55 Å². The van der Waals surface area contributed by atoms with Crippen LogP contribution in [0.25, 0.3) is 0 Å². The lowest BCUT2D eigenvalue weighted by molar-refractivity contribution is 0.0185. The average Bonchev–Trinajstić information content (AvgIpc) is 3.28. The Morgan fingerprint density at radius 1 is 1.16 bits per heavy atom. The molecule has 0 aliphatic heterocycles. The number of carbonyl (C=O) groups is 1. The lowest BCUT2D eigenvalue weighted by Crippen LogP contribution is -2.37. The summed E-state index contributed by atoms with van der Waals surface area (Å²) in [5, 5.41) is 26.6. The molecule has 11 heteroatoms. The quantitative estimate of drug-likeness (QED) is 0.323. The number of fused-ring (bicyclic) bond motifs is 1. The van der Waals surface area contributed by atoms with Crippen molar-refractivity contribution in [2.24, 2.45) is 5.92 Å². The number of pyridine rings is 1. The van der Waals surface area contributed by atoms with Gasteiger partial charge in [-0.2, -0.15) is 13.1 Å². The van der Waals surface area contributed by atoms with Crippen LogP contribution in [0.4, 0.5) is 5.69 Å². The third-order valence-electron chi connectivity index (χ3n) is 6.11. The zero-order valence-corrected chi connectivity index (χ0v) is 18.0. The molecule has 0 bridgehead atoms. The number of amides is 1. The second-order valence-corrected chi connectivity index (χ2v) is 9.48. The predicted octanol–water partition coefficient (Wildman–Crippen LogP) is 0.414. The summed E-state index contributed by atoms with van der Waals surface area (Å²) in [6, 6.07) is 10.6. The van der Waals surface area contributed by atoms with Gasteiger partial charge in [0.2, 0.25) is 0 Å². The van der Waals surface area contributed by atoms with Crippen LogP contribution in [-0.4, -0.2) is 58.9 Å². The lowest BCUT2D eigenvalue weighted by Gasteiger charge is -2.19. The van der Waals surface area contributed by atoms with E-state index < -0.39 is 34.5 Å². The summed E-state index contributed by atoms with van der Waals surface area (Å²) in [5.74, 6) is -0.894. The molecule has 1 aromatic carbocycles. The fraction of sp³-hybridized carbons (Fsp3) is 0.429. The van der Waals surface area contributed by atoms with E-state index in [1.807, 2.05) is 22.9 Å². The van der Waals surface area contributed by atoms with Gasteiger partial charge in [-0.1, -0.05) is 24.3 Å². The maximum Gasteiger partial charge on any atom is 0.333 e. The molecule has 172 valence electrons. The van der Waals surface area contributed by atoms with Crippen LogP contribution in [0.3, 0.4) is 0 Å². The van der Waals surface area contributed by atoms with Crippen LogP contribution in [0.2, 0.25) is 0 Å². The Kier molecular flexibility index (Phi) is 6.45. The molecule has 1 saturated carbocycles. The number of nitrogens with zero attached hydrogens (tertiary/aromatic N) is 1. The topological polar surface area (TPSA) is 161 Å². The van der Waals surface area contributed by atoms with E-state index in [1.165, 1.54) is 11.8 Å². The van der Waals surface area contributed by atoms with Crippen molar-refractivity contribution in [1.29, 1.82) is 0 Å². The Morgan fingerprint density at radius 2 is 1.94 bits per heavy atom. The summed E-state index contributed by atoms with van der Waals surface area (Å²) in [4.78, 5) is 16.9. The van der Waals surface area contributed by atoms with Gasteiger partial charge in [-0.3, -0.25) is 14.3 Å². The minimum Gasteiger partial charge on any atom is -0.390 e. The van der Waals surface area contributed by atoms with Gasteiger partial charge in [0, 0.05) is 24.3 Å². The Bertz CT molecular complexity index is 1100. The fourth-order valence-corrected chi connectivity index (χ4v) is 4.91. The van der Waals surface area contributed by atoms with E-state index in [9.17, 15) is 23.4 Å². The maximum absolute atomic E-state index is 12.8. The van der Waals surface area contributed by atoms with Crippen LogP contribution in [0.15, 0.2) is 42.6 Å². The lowest BCUT2D eigenvalue weighted by atomic mass is 10.1. The van der Waals surface area contributed by atoms with Crippen molar-refractivity contribution in [3.05, 3.63) is 59.4 Å². The molecule has 1 fully saturated rings. The molecule has 2 aliphatic rings. The maximum atomic E-state index is 12.8. The second-order valence-electron chi connectivity index (χ2n) is 8.24. The molecule has 1 aromatic heterocycles. The number of nitrogens with one attached hydrogen (secondary N) is 3. The summed E-state index contributed by atoms with van der Waals surface area (Å²) in [6.07, 6.45) is 1.15. The first kappa shape index (κ1) is 22.6. The minimum atomic E-state index is -4.39. The van der Waals surface area contributed by atoms with Gasteiger partial charge in [-0.15, -0.1) is 0 Å². The van der Waals surface area contributed by atoms with Gasteiger partial charge in [0.15, 0.2) is 0 Å². The van der Waals surface area contributed by atoms with Gasteiger partial charge in [-0.25, -0.2) is 0 Å². The number of aliphatic hydroxyl groups is 2. The van der Waals surface area contributed by atoms with E-state index in [1.54, 1.807) is 12.1 Å². The van der Waals surface area contributed by atoms with Crippen LogP contribution in [0, 0.1) is 5.92 Å². The van der Waals surface area contributed by atoms with Crippen LogP contribution >= 0.6 is 0 Å². The molecule has 6 N–H and O–H groups in total. The zero-order chi connectivity index (χ0) is 22.9. The van der Waals surface area contributed by atoms with E-state index in [0.29, 0.717) is 5.69 Å². The van der Waals surface area contributed by atoms with E-state index >= 15 is 0 Å². The van der Waals surface area contributed by atoms with Crippen molar-refractivity contribution in [3.63, 3.8) is 0 Å². The van der Waals surface area contributed by atoms with Crippen molar-refractivity contribution in [2.75, 3.05) is 11.9 Å². The van der Waals surface area contributed by atoms with Crippen molar-refractivity contribution >= 4 is 21.9 Å². The smallest absolute Gasteiger partial charge is 0.333 e. The van der Waals surface area contributed by atoms with Crippen LogP contribution < -0.4 is 15.4 Å². The highest BCUT2D eigenvalue weighted by atomic mass is 32.2. The molecule has 2 aromatic rings. The Hall–Kier alpha value is -2.57. The number of aryl methyl sites for hydroxylation is 1. The molecule has 10 nitrogen and oxygen atoms in total. The van der Waals surface area contributed by atoms with Gasteiger partial charge < -0.3 is 20.8 Å². The normalized spacial score (nSPS) is 27.2. The number of anilines is 1. The van der Waals surface area contributed by atoms with E-state index in [2.05, 4.69) is 21.7 Å². The van der Waals surface area contributed by atoms with Crippen LogP contribution in [0.5, 0.6) is 0 Å². The summed E-state index contributed by atoms with van der Waals surface area (Å²) < 4.78 is 32.5. The van der Waals surface area contributed by atoms with Gasteiger partial charge in [-0.05, 0) is 42.5 Å². The number of hydrogen-bond donors (Lipinski definition) is 6. The number of aliphatic hydroxyl groups excluding tert-OH is 2. The van der Waals surface area contributed by atoms with Gasteiger partial charge in [0.05, 0.1) is 18.2 Å². The third-order valence-corrected chi connectivity index (χ3v) is 6.64. The molecule has 0 unspecified atom stereocenters. The number of aromatic nitrogens is 1. The largest absolute Gasteiger partial charge is 0.390 e. The first-order chi connectivity index (χ1) is 15.2. The summed E-state index contributed by atoms with van der Waals surface area (Å²) in [6.45, 7) is -0.206. The first-order valence-electron chi connectivity index (χ1n) is 10.4. The van der Waals surface area contributed by atoms with Crippen LogP contribution in [-0.2, 0) is 16.7 Å². The number of carbonyl (C=O) groups excluding carboxylic acids is 1. The Morgan fingerprint density at radius 3 is 2.72 bits per heavy atom. The molecule has 0 spiro atoms. The van der Waals surface area contributed by atoms with E-state index in [0.717, 1.165) is 18.4 Å². The van der Waals surface area contributed by atoms with E-state index in [-0.39, 0.29) is 30.6 Å². The standard InChI is InChI=1S/C21H26N4O6S/c26-19-13(11-23-32(29,30)31)9-17(20(19)27)24-14-7-8-22-18(10-14)21(28)25-16-6-5-12-3-1-2-4-15(12)16/h1-4,7-8,10,13,16-17,19-20,23,26-27H,5-6,9,11H2,(H,22,24)(H,25,28)(H,29,30,31)/t13-,16+,17-,19-,20+/m1/s1. The average molecular weight is 463 g/mol. The SMILES string of the molecule is O=C(N[C@H]1CCc2ccccc21)c1cc(N[C@@H]2C[C@H](CNS(=O)(=O)O)[C@@H](O)[C@H]2O)ccn1. The molecular formula is C21H26N4O6S. The zero-order valence-electron chi connectivity index (χ0n) is 17.2. The second kappa shape index (κ2) is 9.12. The molecule has 0 radical (unpaired) electrons. The van der Waals surface area contributed by atoms with Crippen molar-refractivity contribution in [1.82, 2.24) is 15.0 Å². The Labute approximate surface area is 186 Å². The third kappa shape index (κ3) is 5.08. The number of benzene rings is 1. The summed E-state index contributed by atoms with van der Waals surface area (Å²) in [7, 11) is -4.39. The first-order valence-corrected chi connectivity index (χ1v) is 11.8. The van der Waals surface area contributed by atoms with Crippen molar-refractivity contribution in [3.8, 4) is 0 Å². The van der Waals surface area contributed by atoms with Crippen molar-refractivity contribution in [2.45, 2.75) is 43.6 Å². The number of hydrogen-bond acceptors (Lipinski definition) is 7. The molecule has 0 saturated heterocycles. The van der Waals surface area contributed by atoms with Gasteiger partial charge in [0.1, 0.15) is 11.8 Å². The molecular weight excluding hydrogens is 436 g/mol.